The summed E-state index contributed by atoms with van der Waals surface area (Å²) in [6.45, 7) is 3.75. The number of pyridine rings is 2. The fraction of sp³-hybridized carbons (Fsp3) is 0.103. The molecule has 3 aromatic carbocycles. The molecule has 6 aromatic rings. The molecule has 6 nitrogen and oxygen atoms in total. The zero-order valence-electron chi connectivity index (χ0n) is 19.3. The lowest BCUT2D eigenvalue weighted by molar-refractivity contribution is 0.686. The molecular weight excluding hydrogens is 434 g/mol. The van der Waals surface area contributed by atoms with E-state index in [1.165, 1.54) is 0 Å². The molecule has 0 amide bonds. The predicted molar refractivity (Wildman–Crippen MR) is 139 cm³/mol. The standard InChI is InChI=1S/C29H21N5O/c1-29(2,17-30)21-8-10-22(11-9-21)34-27-23-14-18(7-12-25(23)32-16-26(27)33-28(34)35)20-13-19-5-3-4-6-24(19)31-15-20/h3-16H,1-2H3,(H,33,35). The summed E-state index contributed by atoms with van der Waals surface area (Å²) in [6, 6.07) is 26.1. The van der Waals surface area contributed by atoms with Crippen LogP contribution in [0.1, 0.15) is 19.4 Å². The molecule has 0 atom stereocenters. The Morgan fingerprint density at radius 1 is 0.886 bits per heavy atom. The SMILES string of the molecule is CC(C)(C#N)c1ccc(-n2c(=O)[nH]c3cnc4ccc(-c5cnc6ccccc6c5)cc4c32)cc1. The molecule has 6 heteroatoms. The van der Waals surface area contributed by atoms with Crippen molar-refractivity contribution in [2.45, 2.75) is 19.3 Å². The van der Waals surface area contributed by atoms with E-state index >= 15 is 0 Å². The number of nitrogens with zero attached hydrogens (tertiary/aromatic N) is 4. The van der Waals surface area contributed by atoms with Crippen molar-refractivity contribution >= 4 is 32.8 Å². The molecule has 0 saturated carbocycles. The summed E-state index contributed by atoms with van der Waals surface area (Å²) in [6.07, 6.45) is 3.57. The molecule has 0 saturated heterocycles. The molecule has 6 rings (SSSR count). The second kappa shape index (κ2) is 7.64. The van der Waals surface area contributed by atoms with Gasteiger partial charge in [0.25, 0.3) is 0 Å². The quantitative estimate of drug-likeness (QED) is 0.361. The minimum atomic E-state index is -0.608. The number of para-hydroxylation sites is 1. The lowest BCUT2D eigenvalue weighted by Crippen LogP contribution is -2.16. The van der Waals surface area contributed by atoms with Crippen molar-refractivity contribution < 1.29 is 0 Å². The highest BCUT2D eigenvalue weighted by atomic mass is 16.1. The average Bonchev–Trinajstić information content (AvgIpc) is 3.24. The van der Waals surface area contributed by atoms with Crippen molar-refractivity contribution in [1.82, 2.24) is 19.5 Å². The molecule has 0 bridgehead atoms. The van der Waals surface area contributed by atoms with Gasteiger partial charge in [-0.15, -0.1) is 0 Å². The van der Waals surface area contributed by atoms with Crippen LogP contribution in [0.25, 0.3) is 49.7 Å². The van der Waals surface area contributed by atoms with Crippen molar-refractivity contribution in [1.29, 1.82) is 5.26 Å². The molecule has 3 heterocycles. The molecule has 0 aliphatic rings. The van der Waals surface area contributed by atoms with Crippen LogP contribution in [-0.4, -0.2) is 19.5 Å². The summed E-state index contributed by atoms with van der Waals surface area (Å²) in [5.41, 5.74) is 5.95. The number of hydrogen-bond acceptors (Lipinski definition) is 4. The van der Waals surface area contributed by atoms with Gasteiger partial charge in [-0.1, -0.05) is 36.4 Å². The fourth-order valence-electron chi connectivity index (χ4n) is 4.53. The molecular formula is C29H21N5O. The maximum Gasteiger partial charge on any atom is 0.331 e. The Kier molecular flexibility index (Phi) is 4.55. The summed E-state index contributed by atoms with van der Waals surface area (Å²) in [7, 11) is 0. The van der Waals surface area contributed by atoms with Gasteiger partial charge in [0.15, 0.2) is 0 Å². The zero-order valence-corrected chi connectivity index (χ0v) is 19.3. The van der Waals surface area contributed by atoms with Crippen molar-refractivity contribution in [3.05, 3.63) is 101 Å². The number of nitrogens with one attached hydrogen (secondary N) is 1. The second-order valence-electron chi connectivity index (χ2n) is 9.22. The Morgan fingerprint density at radius 2 is 1.66 bits per heavy atom. The Morgan fingerprint density at radius 3 is 2.46 bits per heavy atom. The molecule has 168 valence electrons. The summed E-state index contributed by atoms with van der Waals surface area (Å²) in [5, 5.41) is 11.4. The van der Waals surface area contributed by atoms with Gasteiger partial charge in [0, 0.05) is 22.5 Å². The van der Waals surface area contributed by atoms with Gasteiger partial charge in [0.2, 0.25) is 0 Å². The molecule has 0 spiro atoms. The van der Waals surface area contributed by atoms with Gasteiger partial charge >= 0.3 is 5.69 Å². The molecule has 0 aliphatic heterocycles. The first kappa shape index (κ1) is 20.8. The van der Waals surface area contributed by atoms with Crippen molar-refractivity contribution in [3.8, 4) is 22.9 Å². The topological polar surface area (TPSA) is 87.4 Å². The number of aromatic nitrogens is 4. The largest absolute Gasteiger partial charge is 0.331 e. The number of benzene rings is 3. The summed E-state index contributed by atoms with van der Waals surface area (Å²) < 4.78 is 1.67. The van der Waals surface area contributed by atoms with Crippen LogP contribution in [0.3, 0.4) is 0 Å². The van der Waals surface area contributed by atoms with E-state index in [1.54, 1.807) is 10.8 Å². The van der Waals surface area contributed by atoms with E-state index in [4.69, 9.17) is 0 Å². The maximum atomic E-state index is 13.0. The van der Waals surface area contributed by atoms with E-state index in [2.05, 4.69) is 33.2 Å². The van der Waals surface area contributed by atoms with Gasteiger partial charge in [-0.2, -0.15) is 5.26 Å². The van der Waals surface area contributed by atoms with Crippen LogP contribution in [0.4, 0.5) is 0 Å². The smallest absolute Gasteiger partial charge is 0.304 e. The van der Waals surface area contributed by atoms with Crippen LogP contribution >= 0.6 is 0 Å². The first-order valence-corrected chi connectivity index (χ1v) is 11.4. The Hall–Kier alpha value is -4.76. The minimum Gasteiger partial charge on any atom is -0.304 e. The van der Waals surface area contributed by atoms with Crippen LogP contribution in [0.5, 0.6) is 0 Å². The van der Waals surface area contributed by atoms with Crippen molar-refractivity contribution in [2.75, 3.05) is 0 Å². The first-order valence-electron chi connectivity index (χ1n) is 11.4. The van der Waals surface area contributed by atoms with Crippen molar-refractivity contribution in [3.63, 3.8) is 0 Å². The number of nitriles is 1. The van der Waals surface area contributed by atoms with Crippen molar-refractivity contribution in [2.24, 2.45) is 0 Å². The normalized spacial score (nSPS) is 11.8. The van der Waals surface area contributed by atoms with Crippen LogP contribution in [0.15, 0.2) is 90.0 Å². The molecule has 3 aromatic heterocycles. The van der Waals surface area contributed by atoms with E-state index in [0.29, 0.717) is 5.52 Å². The predicted octanol–water partition coefficient (Wildman–Crippen LogP) is 5.88. The highest BCUT2D eigenvalue weighted by molar-refractivity contribution is 6.04. The summed E-state index contributed by atoms with van der Waals surface area (Å²) in [5.74, 6) is 0. The highest BCUT2D eigenvalue weighted by Gasteiger charge is 2.20. The van der Waals surface area contributed by atoms with E-state index in [9.17, 15) is 10.1 Å². The van der Waals surface area contributed by atoms with Gasteiger partial charge < -0.3 is 4.98 Å². The first-order chi connectivity index (χ1) is 16.9. The molecule has 0 radical (unpaired) electrons. The van der Waals surface area contributed by atoms with E-state index in [-0.39, 0.29) is 5.69 Å². The highest BCUT2D eigenvalue weighted by Crippen LogP contribution is 2.30. The van der Waals surface area contributed by atoms with Gasteiger partial charge in [-0.3, -0.25) is 14.5 Å². The van der Waals surface area contributed by atoms with Crippen LogP contribution in [0.2, 0.25) is 0 Å². The van der Waals surface area contributed by atoms with Gasteiger partial charge in [0.1, 0.15) is 0 Å². The molecule has 35 heavy (non-hydrogen) atoms. The number of rotatable bonds is 3. The second-order valence-corrected chi connectivity index (χ2v) is 9.22. The number of hydrogen-bond donors (Lipinski definition) is 1. The fourth-order valence-corrected chi connectivity index (χ4v) is 4.53. The average molecular weight is 456 g/mol. The van der Waals surface area contributed by atoms with Crippen LogP contribution in [-0.2, 0) is 5.41 Å². The van der Waals surface area contributed by atoms with Gasteiger partial charge in [0.05, 0.1) is 45.4 Å². The Bertz CT molecular complexity index is 1850. The molecule has 0 unspecified atom stereocenters. The lowest BCUT2D eigenvalue weighted by atomic mass is 9.86. The monoisotopic (exact) mass is 455 g/mol. The Labute approximate surface area is 201 Å². The maximum absolute atomic E-state index is 13.0. The van der Waals surface area contributed by atoms with E-state index in [0.717, 1.165) is 49.7 Å². The third-order valence-corrected chi connectivity index (χ3v) is 6.56. The molecule has 0 fully saturated rings. The van der Waals surface area contributed by atoms with E-state index < -0.39 is 5.41 Å². The van der Waals surface area contributed by atoms with Crippen LogP contribution < -0.4 is 5.69 Å². The number of fused-ring (bicyclic) bond motifs is 4. The van der Waals surface area contributed by atoms with Gasteiger partial charge in [-0.25, -0.2) is 4.79 Å². The molecule has 0 aliphatic carbocycles. The number of H-pyrrole nitrogens is 1. The van der Waals surface area contributed by atoms with E-state index in [1.807, 2.05) is 80.7 Å². The summed E-state index contributed by atoms with van der Waals surface area (Å²) in [4.78, 5) is 25.1. The summed E-state index contributed by atoms with van der Waals surface area (Å²) >= 11 is 0. The third-order valence-electron chi connectivity index (χ3n) is 6.56. The Balaban J connectivity index is 1.56. The molecule has 1 N–H and O–H groups in total. The lowest BCUT2D eigenvalue weighted by Gasteiger charge is -2.16. The number of aromatic amines is 1. The zero-order chi connectivity index (χ0) is 24.2. The third kappa shape index (κ3) is 3.37. The minimum absolute atomic E-state index is 0.237. The number of imidazole rings is 1. The van der Waals surface area contributed by atoms with Gasteiger partial charge in [-0.05, 0) is 61.4 Å². The van der Waals surface area contributed by atoms with Crippen LogP contribution in [0, 0.1) is 11.3 Å².